The van der Waals surface area contributed by atoms with Crippen LogP contribution in [-0.4, -0.2) is 14.6 Å². The zero-order valence-corrected chi connectivity index (χ0v) is 6.71. The second-order valence-corrected chi connectivity index (χ2v) is 2.74. The molecule has 0 N–H and O–H groups in total. The number of nitrogens with zero attached hydrogens (tertiary/aromatic N) is 3. The lowest BCUT2D eigenvalue weighted by Crippen LogP contribution is -1.87. The molecular weight excluding hydrogens is 162 g/mol. The first kappa shape index (κ1) is 6.61. The number of hydrogen-bond acceptors (Lipinski definition) is 2. The predicted molar refractivity (Wildman–Crippen MR) is 42.7 cm³/mol. The van der Waals surface area contributed by atoms with Crippen LogP contribution < -0.4 is 0 Å². The van der Waals surface area contributed by atoms with Crippen molar-refractivity contribution in [3.8, 4) is 0 Å². The summed E-state index contributed by atoms with van der Waals surface area (Å²) >= 11 is 5.85. The average molecular weight is 168 g/mol. The maximum absolute atomic E-state index is 5.85. The average Bonchev–Trinajstić information content (AvgIpc) is 2.31. The smallest absolute Gasteiger partial charge is 0.172 e. The molecular formula is C7H6ClN3. The fourth-order valence-electron chi connectivity index (χ4n) is 0.981. The van der Waals surface area contributed by atoms with E-state index in [9.17, 15) is 0 Å². The van der Waals surface area contributed by atoms with Crippen LogP contribution in [0.15, 0.2) is 18.5 Å². The highest BCUT2D eigenvalue weighted by atomic mass is 35.5. The molecule has 0 fully saturated rings. The Morgan fingerprint density at radius 3 is 3.09 bits per heavy atom. The summed E-state index contributed by atoms with van der Waals surface area (Å²) in [7, 11) is 0. The first-order chi connectivity index (χ1) is 5.27. The van der Waals surface area contributed by atoms with Gasteiger partial charge in [0.1, 0.15) is 0 Å². The van der Waals surface area contributed by atoms with E-state index in [0.717, 1.165) is 5.69 Å². The van der Waals surface area contributed by atoms with Crippen molar-refractivity contribution in [3.05, 3.63) is 29.2 Å². The van der Waals surface area contributed by atoms with E-state index in [1.54, 1.807) is 16.8 Å². The van der Waals surface area contributed by atoms with Crippen LogP contribution in [0.4, 0.5) is 0 Å². The Bertz CT molecular complexity index is 393. The van der Waals surface area contributed by atoms with Crippen LogP contribution in [-0.2, 0) is 0 Å². The van der Waals surface area contributed by atoms with Gasteiger partial charge in [-0.05, 0) is 13.0 Å². The van der Waals surface area contributed by atoms with Crippen molar-refractivity contribution >= 4 is 17.2 Å². The van der Waals surface area contributed by atoms with Crippen molar-refractivity contribution in [2.24, 2.45) is 0 Å². The van der Waals surface area contributed by atoms with Gasteiger partial charge in [0.2, 0.25) is 0 Å². The molecule has 56 valence electrons. The van der Waals surface area contributed by atoms with Crippen LogP contribution in [0.2, 0.25) is 5.02 Å². The Balaban J connectivity index is 2.90. The third-order valence-corrected chi connectivity index (χ3v) is 1.73. The van der Waals surface area contributed by atoms with Crippen molar-refractivity contribution in [3.63, 3.8) is 0 Å². The standard InChI is InChI=1S/C7H6ClN3/c1-5-4-11-7(10-5)6(8)2-3-9-11/h2-4H,1H3. The minimum atomic E-state index is 0.633. The molecule has 0 radical (unpaired) electrons. The molecule has 11 heavy (non-hydrogen) atoms. The number of rotatable bonds is 0. The third kappa shape index (κ3) is 0.973. The SMILES string of the molecule is Cc1cn2nccc(Cl)c2n1. The molecule has 0 aliphatic carbocycles. The van der Waals surface area contributed by atoms with Crippen molar-refractivity contribution < 1.29 is 0 Å². The van der Waals surface area contributed by atoms with Gasteiger partial charge in [-0.3, -0.25) is 0 Å². The lowest BCUT2D eigenvalue weighted by molar-refractivity contribution is 0.934. The number of fused-ring (bicyclic) bond motifs is 1. The minimum absolute atomic E-state index is 0.633. The van der Waals surface area contributed by atoms with Crippen molar-refractivity contribution in [1.29, 1.82) is 0 Å². The molecule has 0 saturated heterocycles. The summed E-state index contributed by atoms with van der Waals surface area (Å²) in [4.78, 5) is 4.18. The van der Waals surface area contributed by atoms with Crippen LogP contribution in [0.1, 0.15) is 5.69 Å². The molecule has 2 aromatic rings. The molecule has 2 aromatic heterocycles. The largest absolute Gasteiger partial charge is 0.231 e. The monoisotopic (exact) mass is 167 g/mol. The normalized spacial score (nSPS) is 10.7. The topological polar surface area (TPSA) is 30.2 Å². The van der Waals surface area contributed by atoms with E-state index in [1.165, 1.54) is 0 Å². The first-order valence-electron chi connectivity index (χ1n) is 3.24. The Labute approximate surface area is 68.6 Å². The summed E-state index contributed by atoms with van der Waals surface area (Å²) in [6.07, 6.45) is 3.48. The molecule has 0 aliphatic heterocycles. The van der Waals surface area contributed by atoms with Gasteiger partial charge in [-0.25, -0.2) is 9.50 Å². The predicted octanol–water partition coefficient (Wildman–Crippen LogP) is 1.69. The van der Waals surface area contributed by atoms with Gasteiger partial charge in [0.05, 0.1) is 16.9 Å². The number of aromatic nitrogens is 3. The molecule has 0 unspecified atom stereocenters. The Morgan fingerprint density at radius 1 is 1.55 bits per heavy atom. The van der Waals surface area contributed by atoms with Gasteiger partial charge < -0.3 is 0 Å². The molecule has 0 aliphatic rings. The van der Waals surface area contributed by atoms with Crippen LogP contribution >= 0.6 is 11.6 Å². The Kier molecular flexibility index (Phi) is 1.32. The summed E-state index contributed by atoms with van der Waals surface area (Å²) < 4.78 is 1.66. The minimum Gasteiger partial charge on any atom is -0.231 e. The second kappa shape index (κ2) is 2.20. The number of hydrogen-bond donors (Lipinski definition) is 0. The molecule has 2 rings (SSSR count). The van der Waals surface area contributed by atoms with E-state index < -0.39 is 0 Å². The fourth-order valence-corrected chi connectivity index (χ4v) is 1.17. The van der Waals surface area contributed by atoms with Crippen molar-refractivity contribution in [2.75, 3.05) is 0 Å². The molecule has 0 amide bonds. The van der Waals surface area contributed by atoms with Gasteiger partial charge in [-0.2, -0.15) is 5.10 Å². The summed E-state index contributed by atoms with van der Waals surface area (Å²) in [5, 5.41) is 4.67. The van der Waals surface area contributed by atoms with Crippen LogP contribution in [0.3, 0.4) is 0 Å². The fraction of sp³-hybridized carbons (Fsp3) is 0.143. The van der Waals surface area contributed by atoms with Gasteiger partial charge in [0.25, 0.3) is 0 Å². The van der Waals surface area contributed by atoms with Gasteiger partial charge in [-0.15, -0.1) is 0 Å². The lowest BCUT2D eigenvalue weighted by Gasteiger charge is -1.90. The quantitative estimate of drug-likeness (QED) is 0.598. The molecule has 2 heterocycles. The van der Waals surface area contributed by atoms with Crippen LogP contribution in [0.25, 0.3) is 5.65 Å². The molecule has 3 nitrogen and oxygen atoms in total. The highest BCUT2D eigenvalue weighted by Crippen LogP contribution is 2.13. The molecule has 0 bridgehead atoms. The number of halogens is 1. The molecule has 0 atom stereocenters. The van der Waals surface area contributed by atoms with E-state index in [0.29, 0.717) is 10.7 Å². The van der Waals surface area contributed by atoms with Gasteiger partial charge in [0, 0.05) is 6.20 Å². The van der Waals surface area contributed by atoms with Gasteiger partial charge >= 0.3 is 0 Å². The second-order valence-electron chi connectivity index (χ2n) is 2.33. The number of imidazole rings is 1. The molecule has 4 heteroatoms. The van der Waals surface area contributed by atoms with Crippen molar-refractivity contribution in [2.45, 2.75) is 6.92 Å². The van der Waals surface area contributed by atoms with Crippen LogP contribution in [0, 0.1) is 6.92 Å². The van der Waals surface area contributed by atoms with E-state index in [4.69, 9.17) is 11.6 Å². The molecule has 0 saturated carbocycles. The highest BCUT2D eigenvalue weighted by Gasteiger charge is 2.00. The van der Waals surface area contributed by atoms with E-state index in [2.05, 4.69) is 10.1 Å². The zero-order chi connectivity index (χ0) is 7.84. The lowest BCUT2D eigenvalue weighted by atomic mass is 10.5. The highest BCUT2D eigenvalue weighted by molar-refractivity contribution is 6.33. The first-order valence-corrected chi connectivity index (χ1v) is 3.61. The third-order valence-electron chi connectivity index (χ3n) is 1.43. The Hall–Kier alpha value is -1.09. The summed E-state index contributed by atoms with van der Waals surface area (Å²) in [6, 6.07) is 1.73. The summed E-state index contributed by atoms with van der Waals surface area (Å²) in [5.41, 5.74) is 1.64. The maximum Gasteiger partial charge on any atom is 0.172 e. The van der Waals surface area contributed by atoms with Gasteiger partial charge in [0.15, 0.2) is 5.65 Å². The van der Waals surface area contributed by atoms with E-state index in [1.807, 2.05) is 13.1 Å². The molecule has 0 aromatic carbocycles. The summed E-state index contributed by atoms with van der Waals surface area (Å²) in [5.74, 6) is 0. The molecule has 0 spiro atoms. The Morgan fingerprint density at radius 2 is 2.36 bits per heavy atom. The zero-order valence-electron chi connectivity index (χ0n) is 5.95. The van der Waals surface area contributed by atoms with E-state index in [-0.39, 0.29) is 0 Å². The van der Waals surface area contributed by atoms with E-state index >= 15 is 0 Å². The number of aryl methyl sites for hydroxylation is 1. The summed E-state index contributed by atoms with van der Waals surface area (Å²) in [6.45, 7) is 1.91. The van der Waals surface area contributed by atoms with Crippen LogP contribution in [0.5, 0.6) is 0 Å². The van der Waals surface area contributed by atoms with Crippen molar-refractivity contribution in [1.82, 2.24) is 14.6 Å². The maximum atomic E-state index is 5.85. The van der Waals surface area contributed by atoms with Gasteiger partial charge in [-0.1, -0.05) is 11.6 Å².